The summed E-state index contributed by atoms with van der Waals surface area (Å²) in [5.74, 6) is 0.0678. The van der Waals surface area contributed by atoms with Crippen LogP contribution in [0.1, 0.15) is 67.7 Å². The van der Waals surface area contributed by atoms with Gasteiger partial charge in [-0.2, -0.15) is 5.26 Å². The lowest BCUT2D eigenvalue weighted by atomic mass is 9.74. The van der Waals surface area contributed by atoms with Crippen LogP contribution in [0.25, 0.3) is 0 Å². The van der Waals surface area contributed by atoms with Crippen LogP contribution >= 0.6 is 0 Å². The number of carbonyl (C=O) groups is 1. The molecule has 0 saturated carbocycles. The van der Waals surface area contributed by atoms with Gasteiger partial charge in [0.15, 0.2) is 0 Å². The normalized spacial score (nSPS) is 33.8. The maximum Gasteiger partial charge on any atom is 0.225 e. The van der Waals surface area contributed by atoms with Crippen molar-refractivity contribution in [1.82, 2.24) is 5.32 Å². The number of nitrogens with zero attached hydrogens (tertiary/aromatic N) is 3. The number of hydrogen-bond acceptors (Lipinski definition) is 4. The largest absolute Gasteiger partial charge is 0.329 e. The van der Waals surface area contributed by atoms with Crippen molar-refractivity contribution in [3.8, 4) is 6.07 Å². The van der Waals surface area contributed by atoms with Crippen LogP contribution < -0.4 is 5.32 Å². The fourth-order valence-corrected chi connectivity index (χ4v) is 3.98. The highest BCUT2D eigenvalue weighted by Gasteiger charge is 2.47. The van der Waals surface area contributed by atoms with Crippen LogP contribution in [0.4, 0.5) is 0 Å². The van der Waals surface area contributed by atoms with Gasteiger partial charge in [-0.25, -0.2) is 0 Å². The molecule has 3 aliphatic rings. The van der Waals surface area contributed by atoms with Gasteiger partial charge >= 0.3 is 0 Å². The molecule has 1 saturated heterocycles. The summed E-state index contributed by atoms with van der Waals surface area (Å²) in [4.78, 5) is 21.4. The molecule has 0 aliphatic carbocycles. The lowest BCUT2D eigenvalue weighted by Gasteiger charge is -2.29. The average molecular weight is 367 g/mol. The van der Waals surface area contributed by atoms with Gasteiger partial charge in [-0.05, 0) is 25.5 Å². The summed E-state index contributed by atoms with van der Waals surface area (Å²) >= 11 is 0. The number of nitrogens with one attached hydrogen (secondary N) is 1. The monoisotopic (exact) mass is 366 g/mol. The van der Waals surface area contributed by atoms with E-state index >= 15 is 0 Å². The third-order valence-electron chi connectivity index (χ3n) is 6.33. The number of rotatable bonds is 2. The van der Waals surface area contributed by atoms with E-state index in [2.05, 4.69) is 59.0 Å². The van der Waals surface area contributed by atoms with Crippen LogP contribution in [0.5, 0.6) is 0 Å². The summed E-state index contributed by atoms with van der Waals surface area (Å²) in [6.45, 7) is 14.6. The standard InChI is InChI=1S/C22H30N4O/c1-19(2)10-14(8-17-20(3,4)12-18(27)25-17)24-16(19)9-15-11-21(5,6)22(7,13-23)26-15/h8-9H,10-12H2,1-7H3,(H,25,27)/b16-9+,17-8+. The van der Waals surface area contributed by atoms with Crippen LogP contribution in [0.3, 0.4) is 0 Å². The first kappa shape index (κ1) is 19.5. The molecule has 0 spiro atoms. The van der Waals surface area contributed by atoms with Gasteiger partial charge in [0.2, 0.25) is 5.91 Å². The Morgan fingerprint density at radius 2 is 1.63 bits per heavy atom. The molecule has 0 bridgehead atoms. The van der Waals surface area contributed by atoms with Crippen molar-refractivity contribution in [2.75, 3.05) is 0 Å². The number of aliphatic imine (C=N–C) groups is 2. The SMILES string of the molecule is CC1(C)CC(/C=C2/NC(=O)CC2(C)C)=NC/1=C/C1=NC(C)(C#N)C(C)(C)C1. The van der Waals surface area contributed by atoms with Gasteiger partial charge in [-0.15, -0.1) is 0 Å². The highest BCUT2D eigenvalue weighted by molar-refractivity contribution is 6.03. The molecule has 1 atom stereocenters. The Hall–Kier alpha value is -2.22. The molecule has 3 heterocycles. The fraction of sp³-hybridized carbons (Fsp3) is 0.636. The van der Waals surface area contributed by atoms with E-state index in [1.807, 2.05) is 13.0 Å². The Kier molecular flexibility index (Phi) is 4.26. The molecule has 3 rings (SSSR count). The predicted molar refractivity (Wildman–Crippen MR) is 108 cm³/mol. The molecule has 1 unspecified atom stereocenters. The Morgan fingerprint density at radius 1 is 0.963 bits per heavy atom. The van der Waals surface area contributed by atoms with E-state index < -0.39 is 5.54 Å². The minimum Gasteiger partial charge on any atom is -0.329 e. The smallest absolute Gasteiger partial charge is 0.225 e. The van der Waals surface area contributed by atoms with E-state index in [4.69, 9.17) is 9.98 Å². The zero-order valence-corrected chi connectivity index (χ0v) is 17.5. The van der Waals surface area contributed by atoms with Gasteiger partial charge in [0.05, 0.1) is 6.07 Å². The molecule has 0 radical (unpaired) electrons. The molecule has 3 aliphatic heterocycles. The van der Waals surface area contributed by atoms with Crippen molar-refractivity contribution in [1.29, 1.82) is 5.26 Å². The Morgan fingerprint density at radius 3 is 2.15 bits per heavy atom. The van der Waals surface area contributed by atoms with Crippen LogP contribution in [0, 0.1) is 27.6 Å². The number of nitriles is 1. The van der Waals surface area contributed by atoms with Crippen LogP contribution in [0.15, 0.2) is 33.5 Å². The second kappa shape index (κ2) is 5.89. The van der Waals surface area contributed by atoms with Gasteiger partial charge in [-0.1, -0.05) is 41.5 Å². The molecule has 1 fully saturated rings. The zero-order valence-electron chi connectivity index (χ0n) is 17.5. The number of carbonyl (C=O) groups excluding carboxylic acids is 1. The highest BCUT2D eigenvalue weighted by Crippen LogP contribution is 2.45. The summed E-state index contributed by atoms with van der Waals surface area (Å²) in [6, 6.07) is 2.37. The van der Waals surface area contributed by atoms with E-state index in [1.165, 1.54) is 0 Å². The van der Waals surface area contributed by atoms with E-state index in [-0.39, 0.29) is 22.2 Å². The molecule has 144 valence electrons. The summed E-state index contributed by atoms with van der Waals surface area (Å²) in [5.41, 5.74) is 2.70. The topological polar surface area (TPSA) is 77.6 Å². The maximum atomic E-state index is 11.8. The molecule has 1 amide bonds. The van der Waals surface area contributed by atoms with E-state index in [1.54, 1.807) is 0 Å². The lowest BCUT2D eigenvalue weighted by Crippen LogP contribution is -2.34. The van der Waals surface area contributed by atoms with Gasteiger partial charge in [0.25, 0.3) is 0 Å². The van der Waals surface area contributed by atoms with Crippen LogP contribution in [-0.4, -0.2) is 22.9 Å². The Bertz CT molecular complexity index is 861. The summed E-state index contributed by atoms with van der Waals surface area (Å²) in [6.07, 6.45) is 6.20. The van der Waals surface area contributed by atoms with E-state index in [0.29, 0.717) is 6.42 Å². The van der Waals surface area contributed by atoms with Gasteiger partial charge < -0.3 is 5.32 Å². The second-order valence-electron chi connectivity index (χ2n) is 10.2. The fourth-order valence-electron chi connectivity index (χ4n) is 3.98. The molecule has 0 aromatic carbocycles. The maximum absolute atomic E-state index is 11.8. The van der Waals surface area contributed by atoms with Crippen molar-refractivity contribution in [2.45, 2.75) is 73.3 Å². The minimum atomic E-state index is -0.700. The van der Waals surface area contributed by atoms with Gasteiger partial charge in [0.1, 0.15) is 5.54 Å². The van der Waals surface area contributed by atoms with Gasteiger partial charge in [0, 0.05) is 51.9 Å². The first-order valence-electron chi connectivity index (χ1n) is 9.60. The average Bonchev–Trinajstić information content (AvgIpc) is 3.01. The number of allylic oxidation sites excluding steroid dienone is 4. The van der Waals surface area contributed by atoms with Gasteiger partial charge in [-0.3, -0.25) is 14.8 Å². The predicted octanol–water partition coefficient (Wildman–Crippen LogP) is 4.32. The third kappa shape index (κ3) is 3.38. The number of hydrogen-bond donors (Lipinski definition) is 1. The lowest BCUT2D eigenvalue weighted by molar-refractivity contribution is -0.119. The molecule has 0 aromatic rings. The zero-order chi connectivity index (χ0) is 20.3. The second-order valence-corrected chi connectivity index (χ2v) is 10.2. The molecule has 1 N–H and O–H groups in total. The Balaban J connectivity index is 1.93. The molecule has 5 nitrogen and oxygen atoms in total. The number of amides is 1. The van der Waals surface area contributed by atoms with Crippen molar-refractivity contribution < 1.29 is 4.79 Å². The minimum absolute atomic E-state index is 0.0678. The van der Waals surface area contributed by atoms with Crippen LogP contribution in [-0.2, 0) is 4.79 Å². The highest BCUT2D eigenvalue weighted by atomic mass is 16.1. The molecular weight excluding hydrogens is 336 g/mol. The quantitative estimate of drug-likeness (QED) is 0.790. The van der Waals surface area contributed by atoms with Crippen molar-refractivity contribution in [3.05, 3.63) is 23.5 Å². The third-order valence-corrected chi connectivity index (χ3v) is 6.33. The summed E-state index contributed by atoms with van der Waals surface area (Å²) in [5, 5.41) is 12.5. The molecule has 27 heavy (non-hydrogen) atoms. The molecule has 5 heteroatoms. The van der Waals surface area contributed by atoms with Crippen molar-refractivity contribution in [3.63, 3.8) is 0 Å². The summed E-state index contributed by atoms with van der Waals surface area (Å²) in [7, 11) is 0. The Labute approximate surface area is 162 Å². The molecular formula is C22H30N4O. The molecule has 0 aromatic heterocycles. The van der Waals surface area contributed by atoms with Crippen molar-refractivity contribution >= 4 is 17.3 Å². The van der Waals surface area contributed by atoms with Crippen LogP contribution in [0.2, 0.25) is 0 Å². The summed E-state index contributed by atoms with van der Waals surface area (Å²) < 4.78 is 0. The van der Waals surface area contributed by atoms with E-state index in [0.717, 1.165) is 35.7 Å². The first-order chi connectivity index (χ1) is 12.3. The van der Waals surface area contributed by atoms with E-state index in [9.17, 15) is 10.1 Å². The van der Waals surface area contributed by atoms with Crippen molar-refractivity contribution in [2.24, 2.45) is 26.2 Å². The first-order valence-corrected chi connectivity index (χ1v) is 9.60.